The molecular formula is C18H15ClN6O. The van der Waals surface area contributed by atoms with E-state index in [0.29, 0.717) is 28.9 Å². The van der Waals surface area contributed by atoms with Crippen LogP contribution in [0, 0.1) is 0 Å². The SMILES string of the molecule is CN(Cc1ccccn1)C1=N/C(=C\c2c[nH]c3ncc(Cl)cc23)C(=O)N1. The number of aromatic nitrogens is 3. The highest BCUT2D eigenvalue weighted by Gasteiger charge is 2.23. The van der Waals surface area contributed by atoms with Gasteiger partial charge in [0.1, 0.15) is 11.3 Å². The molecule has 0 unspecified atom stereocenters. The number of H-pyrrole nitrogens is 1. The van der Waals surface area contributed by atoms with Crippen LogP contribution in [0.15, 0.2) is 53.5 Å². The van der Waals surface area contributed by atoms with Crippen molar-refractivity contribution in [1.29, 1.82) is 0 Å². The first-order valence-corrected chi connectivity index (χ1v) is 8.33. The fraction of sp³-hybridized carbons (Fsp3) is 0.111. The number of pyridine rings is 2. The van der Waals surface area contributed by atoms with Crippen LogP contribution in [0.3, 0.4) is 0 Å². The minimum Gasteiger partial charge on any atom is -0.346 e. The van der Waals surface area contributed by atoms with E-state index in [4.69, 9.17) is 11.6 Å². The Labute approximate surface area is 154 Å². The highest BCUT2D eigenvalue weighted by Crippen LogP contribution is 2.23. The lowest BCUT2D eigenvalue weighted by molar-refractivity contribution is -0.115. The average Bonchev–Trinajstić information content (AvgIpc) is 3.20. The first-order valence-electron chi connectivity index (χ1n) is 7.95. The smallest absolute Gasteiger partial charge is 0.276 e. The predicted molar refractivity (Wildman–Crippen MR) is 100 cm³/mol. The maximum Gasteiger partial charge on any atom is 0.276 e. The average molecular weight is 367 g/mol. The first-order chi connectivity index (χ1) is 12.6. The van der Waals surface area contributed by atoms with E-state index in [1.807, 2.05) is 30.1 Å². The number of hydrogen-bond donors (Lipinski definition) is 2. The van der Waals surface area contributed by atoms with Gasteiger partial charge in [0, 0.05) is 36.6 Å². The molecule has 0 atom stereocenters. The van der Waals surface area contributed by atoms with Crippen molar-refractivity contribution in [3.05, 3.63) is 64.8 Å². The topological polar surface area (TPSA) is 86.3 Å². The summed E-state index contributed by atoms with van der Waals surface area (Å²) in [6.07, 6.45) is 6.80. The number of nitrogens with one attached hydrogen (secondary N) is 2. The number of halogens is 1. The molecule has 0 spiro atoms. The maximum atomic E-state index is 12.3. The summed E-state index contributed by atoms with van der Waals surface area (Å²) in [5.74, 6) is 0.236. The van der Waals surface area contributed by atoms with E-state index in [-0.39, 0.29) is 5.91 Å². The third-order valence-electron chi connectivity index (χ3n) is 3.99. The van der Waals surface area contributed by atoms with Gasteiger partial charge in [-0.3, -0.25) is 15.1 Å². The summed E-state index contributed by atoms with van der Waals surface area (Å²) in [6, 6.07) is 7.51. The molecule has 1 aliphatic heterocycles. The number of nitrogens with zero attached hydrogens (tertiary/aromatic N) is 4. The molecule has 0 bridgehead atoms. The number of hydrogen-bond acceptors (Lipinski definition) is 5. The van der Waals surface area contributed by atoms with E-state index in [0.717, 1.165) is 16.6 Å². The molecule has 26 heavy (non-hydrogen) atoms. The number of rotatable bonds is 3. The number of aliphatic imine (C=N–C) groups is 1. The summed E-state index contributed by atoms with van der Waals surface area (Å²) >= 11 is 6.02. The molecule has 3 aromatic heterocycles. The van der Waals surface area contributed by atoms with Gasteiger partial charge in [0.2, 0.25) is 5.96 Å². The van der Waals surface area contributed by atoms with Crippen molar-refractivity contribution in [3.8, 4) is 0 Å². The molecule has 130 valence electrons. The summed E-state index contributed by atoms with van der Waals surface area (Å²) in [6.45, 7) is 0.542. The van der Waals surface area contributed by atoms with Crippen molar-refractivity contribution in [2.75, 3.05) is 7.05 Å². The summed E-state index contributed by atoms with van der Waals surface area (Å²) < 4.78 is 0. The highest BCUT2D eigenvalue weighted by molar-refractivity contribution is 6.31. The quantitative estimate of drug-likeness (QED) is 0.697. The number of carbonyl (C=O) groups is 1. The molecule has 1 amide bonds. The second-order valence-corrected chi connectivity index (χ2v) is 6.33. The largest absolute Gasteiger partial charge is 0.346 e. The van der Waals surface area contributed by atoms with Gasteiger partial charge in [-0.25, -0.2) is 9.98 Å². The Morgan fingerprint density at radius 1 is 1.31 bits per heavy atom. The Morgan fingerprint density at radius 3 is 3.00 bits per heavy atom. The fourth-order valence-electron chi connectivity index (χ4n) is 2.71. The van der Waals surface area contributed by atoms with Gasteiger partial charge in [-0.05, 0) is 24.3 Å². The van der Waals surface area contributed by atoms with E-state index in [9.17, 15) is 4.79 Å². The molecule has 4 rings (SSSR count). The van der Waals surface area contributed by atoms with E-state index in [1.165, 1.54) is 0 Å². The summed E-state index contributed by atoms with van der Waals surface area (Å²) in [4.78, 5) is 30.1. The monoisotopic (exact) mass is 366 g/mol. The van der Waals surface area contributed by atoms with Gasteiger partial charge in [-0.1, -0.05) is 17.7 Å². The molecule has 2 N–H and O–H groups in total. The normalized spacial score (nSPS) is 15.4. The zero-order valence-corrected chi connectivity index (χ0v) is 14.7. The van der Waals surface area contributed by atoms with E-state index < -0.39 is 0 Å². The number of guanidine groups is 1. The zero-order valence-electron chi connectivity index (χ0n) is 13.9. The molecule has 0 aliphatic carbocycles. The van der Waals surface area contributed by atoms with Gasteiger partial charge in [0.05, 0.1) is 17.3 Å². The molecule has 0 saturated carbocycles. The van der Waals surface area contributed by atoms with Gasteiger partial charge in [-0.15, -0.1) is 0 Å². The lowest BCUT2D eigenvalue weighted by atomic mass is 10.2. The minimum absolute atomic E-state index is 0.253. The van der Waals surface area contributed by atoms with Crippen LogP contribution in [0.1, 0.15) is 11.3 Å². The molecule has 0 fully saturated rings. The summed E-state index contributed by atoms with van der Waals surface area (Å²) in [5, 5.41) is 4.16. The zero-order chi connectivity index (χ0) is 18.1. The first kappa shape index (κ1) is 16.3. The Hall–Kier alpha value is -3.19. The van der Waals surface area contributed by atoms with Crippen LogP contribution in [0.2, 0.25) is 5.02 Å². The molecule has 8 heteroatoms. The Morgan fingerprint density at radius 2 is 2.19 bits per heavy atom. The van der Waals surface area contributed by atoms with Crippen molar-refractivity contribution in [2.45, 2.75) is 6.54 Å². The van der Waals surface area contributed by atoms with Gasteiger partial charge in [0.15, 0.2) is 0 Å². The molecule has 0 aromatic carbocycles. The molecule has 7 nitrogen and oxygen atoms in total. The second-order valence-electron chi connectivity index (χ2n) is 5.89. The lowest BCUT2D eigenvalue weighted by Crippen LogP contribution is -2.37. The predicted octanol–water partition coefficient (Wildman–Crippen LogP) is 2.57. The van der Waals surface area contributed by atoms with Crippen molar-refractivity contribution >= 4 is 40.6 Å². The van der Waals surface area contributed by atoms with Crippen LogP contribution in [0.4, 0.5) is 0 Å². The lowest BCUT2D eigenvalue weighted by Gasteiger charge is -2.17. The van der Waals surface area contributed by atoms with Crippen LogP contribution in [0.25, 0.3) is 17.1 Å². The van der Waals surface area contributed by atoms with Gasteiger partial charge in [-0.2, -0.15) is 0 Å². The minimum atomic E-state index is -0.253. The standard InChI is InChI=1S/C18H15ClN6O/c1-25(10-13-4-2-3-5-20-13)18-23-15(17(26)24-18)6-11-8-21-16-14(11)7-12(19)9-22-16/h2-9H,10H2,1H3,(H,21,22)(H,23,24,26)/b15-6-. The number of fused-ring (bicyclic) bond motifs is 1. The van der Waals surface area contributed by atoms with Crippen LogP contribution in [-0.4, -0.2) is 38.8 Å². The second kappa shape index (κ2) is 6.61. The maximum absolute atomic E-state index is 12.3. The number of carbonyl (C=O) groups excluding carboxylic acids is 1. The Balaban J connectivity index is 1.61. The van der Waals surface area contributed by atoms with Gasteiger partial charge in [0.25, 0.3) is 5.91 Å². The Kier molecular flexibility index (Phi) is 4.14. The number of aromatic amines is 1. The van der Waals surface area contributed by atoms with E-state index in [2.05, 4.69) is 25.3 Å². The fourth-order valence-corrected chi connectivity index (χ4v) is 2.87. The van der Waals surface area contributed by atoms with E-state index in [1.54, 1.807) is 30.7 Å². The summed E-state index contributed by atoms with van der Waals surface area (Å²) in [5.41, 5.74) is 2.73. The molecule has 0 saturated heterocycles. The van der Waals surface area contributed by atoms with Gasteiger partial charge >= 0.3 is 0 Å². The molecule has 1 aliphatic rings. The van der Waals surface area contributed by atoms with Crippen LogP contribution < -0.4 is 5.32 Å². The molecule has 0 radical (unpaired) electrons. The van der Waals surface area contributed by atoms with Crippen LogP contribution >= 0.6 is 11.6 Å². The third kappa shape index (κ3) is 3.16. The summed E-state index contributed by atoms with van der Waals surface area (Å²) in [7, 11) is 1.85. The van der Waals surface area contributed by atoms with Crippen molar-refractivity contribution in [2.24, 2.45) is 4.99 Å². The number of amides is 1. The van der Waals surface area contributed by atoms with E-state index >= 15 is 0 Å². The highest BCUT2D eigenvalue weighted by atomic mass is 35.5. The van der Waals surface area contributed by atoms with Crippen LogP contribution in [0.5, 0.6) is 0 Å². The molecule has 3 aromatic rings. The third-order valence-corrected chi connectivity index (χ3v) is 4.20. The Bertz CT molecular complexity index is 1040. The van der Waals surface area contributed by atoms with Crippen molar-refractivity contribution < 1.29 is 4.79 Å². The van der Waals surface area contributed by atoms with Gasteiger partial charge < -0.3 is 9.88 Å². The van der Waals surface area contributed by atoms with Crippen LogP contribution in [-0.2, 0) is 11.3 Å². The van der Waals surface area contributed by atoms with Crippen molar-refractivity contribution in [1.82, 2.24) is 25.2 Å². The molecule has 4 heterocycles. The molecular weight excluding hydrogens is 352 g/mol. The van der Waals surface area contributed by atoms with Crippen molar-refractivity contribution in [3.63, 3.8) is 0 Å².